The van der Waals surface area contributed by atoms with Crippen LogP contribution in [0.5, 0.6) is 0 Å². The van der Waals surface area contributed by atoms with E-state index < -0.39 is 4.92 Å². The molecule has 1 aromatic carbocycles. The molecule has 0 amide bonds. The second-order valence-electron chi connectivity index (χ2n) is 3.48. The van der Waals surface area contributed by atoms with Gasteiger partial charge in [0.1, 0.15) is 0 Å². The number of aliphatic imine (C=N–C) groups is 1. The Morgan fingerprint density at radius 3 is 2.47 bits per heavy atom. The zero-order chi connectivity index (χ0) is 12.3. The van der Waals surface area contributed by atoms with Crippen LogP contribution in [0.15, 0.2) is 41.4 Å². The van der Waals surface area contributed by atoms with E-state index in [9.17, 15) is 10.1 Å². The van der Waals surface area contributed by atoms with Gasteiger partial charge in [0.15, 0.2) is 0 Å². The van der Waals surface area contributed by atoms with Crippen molar-refractivity contribution in [1.82, 2.24) is 0 Å². The molecule has 0 fully saturated rings. The fourth-order valence-corrected chi connectivity index (χ4v) is 2.07. The van der Waals surface area contributed by atoms with E-state index >= 15 is 0 Å². The smallest absolute Gasteiger partial charge is 0.258 e. The molecule has 0 unspecified atom stereocenters. The average Bonchev–Trinajstić information content (AvgIpc) is 2.73. The maximum atomic E-state index is 10.5. The number of hydrogen-bond acceptors (Lipinski definition) is 4. The molecular formula is C12H10N2O2S. The molecule has 2 rings (SSSR count). The Bertz CT molecular complexity index is 558. The zero-order valence-electron chi connectivity index (χ0n) is 9.16. The lowest BCUT2D eigenvalue weighted by Gasteiger charge is -1.92. The van der Waals surface area contributed by atoms with Gasteiger partial charge in [-0.15, -0.1) is 11.3 Å². The minimum absolute atomic E-state index is 0.0796. The molecule has 0 atom stereocenters. The molecule has 0 aliphatic carbocycles. The average molecular weight is 246 g/mol. The maximum absolute atomic E-state index is 10.5. The van der Waals surface area contributed by atoms with Crippen LogP contribution in [0.4, 0.5) is 11.4 Å². The summed E-state index contributed by atoms with van der Waals surface area (Å²) in [6.07, 6.45) is 1.76. The third kappa shape index (κ3) is 2.98. The summed E-state index contributed by atoms with van der Waals surface area (Å²) in [4.78, 5) is 16.6. The van der Waals surface area contributed by atoms with Crippen LogP contribution in [0.25, 0.3) is 0 Å². The molecule has 86 valence electrons. The standard InChI is InChI=1S/C12H10N2O2S/c1-9-2-7-12(17-9)8-13-10-3-5-11(6-4-10)14(15)16/h2-8H,1H3. The van der Waals surface area contributed by atoms with Crippen molar-refractivity contribution in [3.63, 3.8) is 0 Å². The van der Waals surface area contributed by atoms with Gasteiger partial charge in [0, 0.05) is 28.1 Å². The first-order valence-corrected chi connectivity index (χ1v) is 5.82. The number of non-ortho nitro benzene ring substituents is 1. The van der Waals surface area contributed by atoms with E-state index in [1.54, 1.807) is 29.7 Å². The molecule has 17 heavy (non-hydrogen) atoms. The third-order valence-electron chi connectivity index (χ3n) is 2.16. The van der Waals surface area contributed by atoms with Crippen molar-refractivity contribution in [2.45, 2.75) is 6.92 Å². The Kier molecular flexibility index (Phi) is 3.30. The fraction of sp³-hybridized carbons (Fsp3) is 0.0833. The number of benzene rings is 1. The van der Waals surface area contributed by atoms with E-state index in [1.807, 2.05) is 19.1 Å². The van der Waals surface area contributed by atoms with Crippen LogP contribution in [-0.2, 0) is 0 Å². The minimum Gasteiger partial charge on any atom is -0.258 e. The molecule has 4 nitrogen and oxygen atoms in total. The van der Waals surface area contributed by atoms with Crippen LogP contribution >= 0.6 is 11.3 Å². The monoisotopic (exact) mass is 246 g/mol. The summed E-state index contributed by atoms with van der Waals surface area (Å²) in [6.45, 7) is 2.04. The summed E-state index contributed by atoms with van der Waals surface area (Å²) < 4.78 is 0. The Labute approximate surface area is 102 Å². The topological polar surface area (TPSA) is 55.5 Å². The molecule has 5 heteroatoms. The minimum atomic E-state index is -0.421. The van der Waals surface area contributed by atoms with E-state index in [0.717, 1.165) is 4.88 Å². The van der Waals surface area contributed by atoms with Crippen LogP contribution in [0.1, 0.15) is 9.75 Å². The lowest BCUT2D eigenvalue weighted by molar-refractivity contribution is -0.384. The fourth-order valence-electron chi connectivity index (χ4n) is 1.32. The molecule has 0 bridgehead atoms. The van der Waals surface area contributed by atoms with Crippen molar-refractivity contribution in [2.75, 3.05) is 0 Å². The normalized spacial score (nSPS) is 10.9. The first-order valence-electron chi connectivity index (χ1n) is 5.00. The SMILES string of the molecule is Cc1ccc(C=Nc2ccc([N+](=O)[O-])cc2)s1. The lowest BCUT2D eigenvalue weighted by Crippen LogP contribution is -1.85. The second-order valence-corrected chi connectivity index (χ2v) is 4.80. The Morgan fingerprint density at radius 1 is 1.24 bits per heavy atom. The number of thiophene rings is 1. The van der Waals surface area contributed by atoms with Crippen molar-refractivity contribution in [1.29, 1.82) is 0 Å². The van der Waals surface area contributed by atoms with Gasteiger partial charge >= 0.3 is 0 Å². The van der Waals surface area contributed by atoms with E-state index in [2.05, 4.69) is 4.99 Å². The van der Waals surface area contributed by atoms with Gasteiger partial charge in [0.25, 0.3) is 5.69 Å². The van der Waals surface area contributed by atoms with Gasteiger partial charge < -0.3 is 0 Å². The zero-order valence-corrected chi connectivity index (χ0v) is 9.98. The van der Waals surface area contributed by atoms with Crippen LogP contribution in [-0.4, -0.2) is 11.1 Å². The Morgan fingerprint density at radius 2 is 1.94 bits per heavy atom. The van der Waals surface area contributed by atoms with Gasteiger partial charge in [-0.1, -0.05) is 0 Å². The van der Waals surface area contributed by atoms with Crippen LogP contribution in [0.3, 0.4) is 0 Å². The quantitative estimate of drug-likeness (QED) is 0.471. The predicted octanol–water partition coefficient (Wildman–Crippen LogP) is 3.72. The molecular weight excluding hydrogens is 236 g/mol. The van der Waals surface area contributed by atoms with Crippen molar-refractivity contribution in [3.05, 3.63) is 56.3 Å². The number of nitro benzene ring substituents is 1. The lowest BCUT2D eigenvalue weighted by atomic mass is 10.3. The van der Waals surface area contributed by atoms with Crippen LogP contribution in [0, 0.1) is 17.0 Å². The summed E-state index contributed by atoms with van der Waals surface area (Å²) in [5.74, 6) is 0. The molecule has 0 N–H and O–H groups in total. The predicted molar refractivity (Wildman–Crippen MR) is 69.4 cm³/mol. The number of aryl methyl sites for hydroxylation is 1. The summed E-state index contributed by atoms with van der Waals surface area (Å²) in [6, 6.07) is 10.2. The largest absolute Gasteiger partial charge is 0.269 e. The van der Waals surface area contributed by atoms with Crippen LogP contribution in [0.2, 0.25) is 0 Å². The highest BCUT2D eigenvalue weighted by molar-refractivity contribution is 7.13. The molecule has 0 saturated carbocycles. The van der Waals surface area contributed by atoms with Gasteiger partial charge in [-0.3, -0.25) is 15.1 Å². The van der Waals surface area contributed by atoms with Gasteiger partial charge in [-0.25, -0.2) is 0 Å². The number of nitrogens with zero attached hydrogens (tertiary/aromatic N) is 2. The Hall–Kier alpha value is -2.01. The van der Waals surface area contributed by atoms with Crippen molar-refractivity contribution in [3.8, 4) is 0 Å². The summed E-state index contributed by atoms with van der Waals surface area (Å²) in [7, 11) is 0. The number of rotatable bonds is 3. The highest BCUT2D eigenvalue weighted by Gasteiger charge is 2.02. The molecule has 0 aliphatic heterocycles. The molecule has 1 heterocycles. The van der Waals surface area contributed by atoms with E-state index in [0.29, 0.717) is 5.69 Å². The van der Waals surface area contributed by atoms with Gasteiger partial charge in [0.2, 0.25) is 0 Å². The van der Waals surface area contributed by atoms with E-state index in [4.69, 9.17) is 0 Å². The van der Waals surface area contributed by atoms with Gasteiger partial charge in [-0.2, -0.15) is 0 Å². The van der Waals surface area contributed by atoms with Crippen LogP contribution < -0.4 is 0 Å². The molecule has 1 aromatic heterocycles. The molecule has 0 spiro atoms. The first-order chi connectivity index (χ1) is 8.15. The van der Waals surface area contributed by atoms with Crippen molar-refractivity contribution in [2.24, 2.45) is 4.99 Å². The molecule has 0 radical (unpaired) electrons. The summed E-state index contributed by atoms with van der Waals surface area (Å²) in [5.41, 5.74) is 0.789. The third-order valence-corrected chi connectivity index (χ3v) is 3.10. The van der Waals surface area contributed by atoms with Gasteiger partial charge in [-0.05, 0) is 31.2 Å². The maximum Gasteiger partial charge on any atom is 0.269 e. The van der Waals surface area contributed by atoms with Gasteiger partial charge in [0.05, 0.1) is 10.6 Å². The van der Waals surface area contributed by atoms with E-state index in [1.165, 1.54) is 17.0 Å². The number of hydrogen-bond donors (Lipinski definition) is 0. The highest BCUT2D eigenvalue weighted by Crippen LogP contribution is 2.19. The number of nitro groups is 1. The van der Waals surface area contributed by atoms with Crippen molar-refractivity contribution >= 4 is 28.9 Å². The first kappa shape index (κ1) is 11.5. The Balaban J connectivity index is 2.13. The van der Waals surface area contributed by atoms with Crippen molar-refractivity contribution < 1.29 is 4.92 Å². The summed E-state index contributed by atoms with van der Waals surface area (Å²) >= 11 is 1.66. The second kappa shape index (κ2) is 4.88. The molecule has 2 aromatic rings. The summed E-state index contributed by atoms with van der Waals surface area (Å²) in [5, 5.41) is 10.5. The molecule has 0 saturated heterocycles. The highest BCUT2D eigenvalue weighted by atomic mass is 32.1. The molecule has 0 aliphatic rings. The van der Waals surface area contributed by atoms with E-state index in [-0.39, 0.29) is 5.69 Å².